The van der Waals surface area contributed by atoms with Gasteiger partial charge in [0.1, 0.15) is 0 Å². The molecule has 1 nitrogen and oxygen atoms in total. The molecule has 1 heterocycles. The molecule has 1 aromatic rings. The molecule has 0 saturated carbocycles. The fourth-order valence-corrected chi connectivity index (χ4v) is 2.82. The zero-order valence-corrected chi connectivity index (χ0v) is 11.5. The number of halogens is 1. The highest BCUT2D eigenvalue weighted by Gasteiger charge is 2.15. The smallest absolute Gasteiger partial charge is 0.0931 e. The molecule has 0 aliphatic heterocycles. The Morgan fingerprint density at radius 1 is 1.33 bits per heavy atom. The average molecular weight is 246 g/mol. The number of nitrogens with one attached hydrogen (secondary N) is 1. The third-order valence-corrected chi connectivity index (χ3v) is 4.14. The molecule has 15 heavy (non-hydrogen) atoms. The van der Waals surface area contributed by atoms with Gasteiger partial charge >= 0.3 is 0 Å². The van der Waals surface area contributed by atoms with E-state index in [4.69, 9.17) is 11.6 Å². The SMILES string of the molecule is CCC(NC(C)c1ccc(Cl)s1)C(C)C. The van der Waals surface area contributed by atoms with Crippen LogP contribution in [0.4, 0.5) is 0 Å². The van der Waals surface area contributed by atoms with E-state index in [2.05, 4.69) is 39.1 Å². The van der Waals surface area contributed by atoms with Crippen LogP contribution in [0.15, 0.2) is 12.1 Å². The molecule has 0 aliphatic carbocycles. The van der Waals surface area contributed by atoms with E-state index >= 15 is 0 Å². The summed E-state index contributed by atoms with van der Waals surface area (Å²) in [7, 11) is 0. The zero-order valence-electron chi connectivity index (χ0n) is 9.88. The first-order chi connectivity index (χ1) is 7.04. The van der Waals surface area contributed by atoms with Gasteiger partial charge in [-0.15, -0.1) is 11.3 Å². The van der Waals surface area contributed by atoms with Gasteiger partial charge in [-0.1, -0.05) is 32.4 Å². The van der Waals surface area contributed by atoms with Crippen molar-refractivity contribution >= 4 is 22.9 Å². The second-order valence-electron chi connectivity index (χ2n) is 4.29. The first-order valence-corrected chi connectivity index (χ1v) is 6.75. The Morgan fingerprint density at radius 3 is 2.40 bits per heavy atom. The summed E-state index contributed by atoms with van der Waals surface area (Å²) in [6.07, 6.45) is 1.17. The van der Waals surface area contributed by atoms with Crippen LogP contribution in [0, 0.1) is 5.92 Å². The van der Waals surface area contributed by atoms with Gasteiger partial charge in [0.15, 0.2) is 0 Å². The first-order valence-electron chi connectivity index (χ1n) is 5.55. The van der Waals surface area contributed by atoms with Crippen LogP contribution in [0.25, 0.3) is 0 Å². The van der Waals surface area contributed by atoms with Crippen LogP contribution in [0.2, 0.25) is 4.34 Å². The molecule has 0 spiro atoms. The van der Waals surface area contributed by atoms with Crippen LogP contribution in [0.1, 0.15) is 45.0 Å². The molecule has 2 unspecified atom stereocenters. The van der Waals surface area contributed by atoms with Crippen molar-refractivity contribution in [2.75, 3.05) is 0 Å². The van der Waals surface area contributed by atoms with Crippen molar-refractivity contribution in [3.8, 4) is 0 Å². The monoisotopic (exact) mass is 245 g/mol. The molecule has 0 aliphatic rings. The third kappa shape index (κ3) is 3.78. The lowest BCUT2D eigenvalue weighted by atomic mass is 10.0. The van der Waals surface area contributed by atoms with Crippen molar-refractivity contribution in [3.63, 3.8) is 0 Å². The van der Waals surface area contributed by atoms with Crippen molar-refractivity contribution in [3.05, 3.63) is 21.3 Å². The average Bonchev–Trinajstić information content (AvgIpc) is 2.60. The van der Waals surface area contributed by atoms with E-state index < -0.39 is 0 Å². The van der Waals surface area contributed by atoms with Gasteiger partial charge in [0.2, 0.25) is 0 Å². The van der Waals surface area contributed by atoms with Crippen LogP contribution in [-0.2, 0) is 0 Å². The second-order valence-corrected chi connectivity index (χ2v) is 6.04. The van der Waals surface area contributed by atoms with Gasteiger partial charge in [0.05, 0.1) is 4.34 Å². The minimum atomic E-state index is 0.398. The Hall–Kier alpha value is -0.0500. The minimum absolute atomic E-state index is 0.398. The summed E-state index contributed by atoms with van der Waals surface area (Å²) >= 11 is 7.59. The summed E-state index contributed by atoms with van der Waals surface area (Å²) in [4.78, 5) is 1.32. The van der Waals surface area contributed by atoms with Crippen molar-refractivity contribution in [1.29, 1.82) is 0 Å². The number of hydrogen-bond acceptors (Lipinski definition) is 2. The molecule has 1 rings (SSSR count). The highest BCUT2D eigenvalue weighted by atomic mass is 35.5. The number of hydrogen-bond donors (Lipinski definition) is 1. The maximum atomic E-state index is 5.93. The highest BCUT2D eigenvalue weighted by Crippen LogP contribution is 2.27. The molecule has 0 aromatic carbocycles. The number of rotatable bonds is 5. The van der Waals surface area contributed by atoms with Crippen LogP contribution < -0.4 is 5.32 Å². The lowest BCUT2D eigenvalue weighted by Gasteiger charge is -2.24. The Labute approximate surface area is 102 Å². The van der Waals surface area contributed by atoms with E-state index in [-0.39, 0.29) is 0 Å². The summed E-state index contributed by atoms with van der Waals surface area (Å²) in [6, 6.07) is 5.06. The van der Waals surface area contributed by atoms with Gasteiger partial charge in [-0.05, 0) is 31.4 Å². The van der Waals surface area contributed by atoms with E-state index in [9.17, 15) is 0 Å². The lowest BCUT2D eigenvalue weighted by molar-refractivity contribution is 0.358. The van der Waals surface area contributed by atoms with E-state index in [0.717, 1.165) is 4.34 Å². The third-order valence-electron chi connectivity index (χ3n) is 2.73. The Kier molecular flexibility index (Phi) is 5.10. The maximum absolute atomic E-state index is 5.93. The molecule has 0 amide bonds. The molecule has 3 heteroatoms. The first kappa shape index (κ1) is 13.0. The summed E-state index contributed by atoms with van der Waals surface area (Å²) in [5, 5.41) is 3.65. The van der Waals surface area contributed by atoms with E-state index in [0.29, 0.717) is 18.0 Å². The molecule has 0 bridgehead atoms. The fraction of sp³-hybridized carbons (Fsp3) is 0.667. The van der Waals surface area contributed by atoms with Crippen molar-refractivity contribution in [2.24, 2.45) is 5.92 Å². The molecule has 86 valence electrons. The summed E-state index contributed by atoms with van der Waals surface area (Å²) in [5.74, 6) is 0.674. The summed E-state index contributed by atoms with van der Waals surface area (Å²) < 4.78 is 0.872. The molecule has 0 fully saturated rings. The zero-order chi connectivity index (χ0) is 11.4. The Bertz CT molecular complexity index is 296. The Balaban J connectivity index is 2.58. The normalized spacial score (nSPS) is 15.6. The van der Waals surface area contributed by atoms with Gasteiger partial charge in [-0.25, -0.2) is 0 Å². The maximum Gasteiger partial charge on any atom is 0.0931 e. The number of thiophene rings is 1. The van der Waals surface area contributed by atoms with Gasteiger partial charge in [-0.2, -0.15) is 0 Å². The van der Waals surface area contributed by atoms with Crippen LogP contribution in [-0.4, -0.2) is 6.04 Å². The molecule has 0 radical (unpaired) electrons. The molecular weight excluding hydrogens is 226 g/mol. The van der Waals surface area contributed by atoms with Gasteiger partial charge in [0.25, 0.3) is 0 Å². The van der Waals surface area contributed by atoms with Crippen LogP contribution in [0.3, 0.4) is 0 Å². The topological polar surface area (TPSA) is 12.0 Å². The standard InChI is InChI=1S/C12H20ClNS/c1-5-10(8(2)3)14-9(4)11-6-7-12(13)15-11/h6-10,14H,5H2,1-4H3. The van der Waals surface area contributed by atoms with Gasteiger partial charge in [-0.3, -0.25) is 0 Å². The predicted molar refractivity (Wildman–Crippen MR) is 69.8 cm³/mol. The molecule has 0 saturated heterocycles. The summed E-state index contributed by atoms with van der Waals surface area (Å²) in [5.41, 5.74) is 0. The fourth-order valence-electron chi connectivity index (χ4n) is 1.75. The van der Waals surface area contributed by atoms with Crippen LogP contribution >= 0.6 is 22.9 Å². The molecule has 1 aromatic heterocycles. The predicted octanol–water partition coefficient (Wildman–Crippen LogP) is 4.49. The van der Waals surface area contributed by atoms with Crippen molar-refractivity contribution in [1.82, 2.24) is 5.32 Å². The molecule has 2 atom stereocenters. The summed E-state index contributed by atoms with van der Waals surface area (Å²) in [6.45, 7) is 8.95. The Morgan fingerprint density at radius 2 is 2.00 bits per heavy atom. The van der Waals surface area contributed by atoms with Crippen molar-refractivity contribution < 1.29 is 0 Å². The quantitative estimate of drug-likeness (QED) is 0.806. The van der Waals surface area contributed by atoms with Crippen molar-refractivity contribution in [2.45, 2.75) is 46.2 Å². The van der Waals surface area contributed by atoms with Gasteiger partial charge in [0, 0.05) is 17.0 Å². The van der Waals surface area contributed by atoms with E-state index in [1.807, 2.05) is 6.07 Å². The second kappa shape index (κ2) is 5.88. The van der Waals surface area contributed by atoms with Gasteiger partial charge < -0.3 is 5.32 Å². The van der Waals surface area contributed by atoms with Crippen LogP contribution in [0.5, 0.6) is 0 Å². The van der Waals surface area contributed by atoms with E-state index in [1.165, 1.54) is 11.3 Å². The molecule has 1 N–H and O–H groups in total. The largest absolute Gasteiger partial charge is 0.306 e. The molecular formula is C12H20ClNS. The minimum Gasteiger partial charge on any atom is -0.306 e. The lowest BCUT2D eigenvalue weighted by Crippen LogP contribution is -2.34. The highest BCUT2D eigenvalue weighted by molar-refractivity contribution is 7.16. The van der Waals surface area contributed by atoms with E-state index in [1.54, 1.807) is 11.3 Å².